The van der Waals surface area contributed by atoms with Gasteiger partial charge in [0.25, 0.3) is 5.79 Å². The van der Waals surface area contributed by atoms with Crippen LogP contribution in [0.2, 0.25) is 0 Å². The summed E-state index contributed by atoms with van der Waals surface area (Å²) in [5.74, 6) is -1.74. The van der Waals surface area contributed by atoms with E-state index in [9.17, 15) is 4.79 Å². The van der Waals surface area contributed by atoms with Crippen LogP contribution in [0.5, 0.6) is 0 Å². The fraction of sp³-hybridized carbons (Fsp3) is 0.875. The summed E-state index contributed by atoms with van der Waals surface area (Å²) < 4.78 is 15.1. The second kappa shape index (κ2) is 4.21. The highest BCUT2D eigenvalue weighted by molar-refractivity contribution is 6.00. The summed E-state index contributed by atoms with van der Waals surface area (Å²) >= 11 is 0. The van der Waals surface area contributed by atoms with Crippen LogP contribution in [0.1, 0.15) is 27.7 Å². The van der Waals surface area contributed by atoms with Crippen LogP contribution in [-0.4, -0.2) is 35.0 Å². The molecule has 0 N–H and O–H groups in total. The summed E-state index contributed by atoms with van der Waals surface area (Å²) in [5, 5.41) is 0. The predicted molar refractivity (Wildman–Crippen MR) is 52.3 cm³/mol. The van der Waals surface area contributed by atoms with Gasteiger partial charge in [-0.3, -0.25) is 0 Å². The van der Waals surface area contributed by atoms with Crippen molar-refractivity contribution in [2.75, 3.05) is 7.11 Å². The number of methoxy groups -OCH3 is 1. The minimum Gasteiger partial charge on any atom is -0.456 e. The molecular formula is C8H18O4Si. The van der Waals surface area contributed by atoms with Gasteiger partial charge in [0.05, 0.1) is 0 Å². The lowest BCUT2D eigenvalue weighted by molar-refractivity contribution is -0.212. The van der Waals surface area contributed by atoms with Crippen LogP contribution < -0.4 is 0 Å². The zero-order valence-electron chi connectivity index (χ0n) is 9.13. The molecule has 1 atom stereocenters. The quantitative estimate of drug-likeness (QED) is 0.370. The average Bonchev–Trinajstić information content (AvgIpc) is 2.00. The van der Waals surface area contributed by atoms with Crippen molar-refractivity contribution < 1.29 is 18.7 Å². The molecule has 0 aliphatic carbocycles. The number of rotatable bonds is 3. The van der Waals surface area contributed by atoms with Crippen LogP contribution in [0.3, 0.4) is 0 Å². The Balaban J connectivity index is 4.41. The van der Waals surface area contributed by atoms with Gasteiger partial charge < -0.3 is 13.9 Å². The standard InChI is InChI=1S/C8H18O4Si/c1-7(2,3)11-6(9)8(4,10-5)12-13/h1-5,13H3. The SMILES string of the molecule is COC(C)(O[SiH3])C(=O)OC(C)(C)C. The lowest BCUT2D eigenvalue weighted by atomic mass is 10.2. The Morgan fingerprint density at radius 1 is 1.23 bits per heavy atom. The minimum absolute atomic E-state index is 0.420. The second-order valence-corrected chi connectivity index (χ2v) is 4.26. The summed E-state index contributed by atoms with van der Waals surface area (Å²) in [6.45, 7) is 6.95. The first kappa shape index (κ1) is 12.6. The number of carbonyl (C=O) groups excluding carboxylic acids is 1. The molecule has 5 heteroatoms. The van der Waals surface area contributed by atoms with Gasteiger partial charge in [-0.05, 0) is 20.8 Å². The zero-order chi connectivity index (χ0) is 10.7. The molecule has 0 saturated heterocycles. The van der Waals surface area contributed by atoms with E-state index in [0.29, 0.717) is 10.5 Å². The Kier molecular flexibility index (Phi) is 4.08. The van der Waals surface area contributed by atoms with Gasteiger partial charge in [-0.15, -0.1) is 0 Å². The van der Waals surface area contributed by atoms with Gasteiger partial charge in [0, 0.05) is 14.0 Å². The Labute approximate surface area is 82.1 Å². The average molecular weight is 206 g/mol. The Morgan fingerprint density at radius 2 is 1.69 bits per heavy atom. The van der Waals surface area contributed by atoms with E-state index in [4.69, 9.17) is 13.9 Å². The van der Waals surface area contributed by atoms with Crippen molar-refractivity contribution in [3.8, 4) is 0 Å². The third-order valence-corrected chi connectivity index (χ3v) is 2.33. The van der Waals surface area contributed by atoms with Crippen LogP contribution in [0.4, 0.5) is 0 Å². The molecule has 13 heavy (non-hydrogen) atoms. The van der Waals surface area contributed by atoms with E-state index in [2.05, 4.69) is 0 Å². The highest BCUT2D eigenvalue weighted by Gasteiger charge is 2.36. The fourth-order valence-corrected chi connectivity index (χ4v) is 0.954. The van der Waals surface area contributed by atoms with Crippen molar-refractivity contribution in [3.05, 3.63) is 0 Å². The zero-order valence-corrected chi connectivity index (χ0v) is 11.1. The molecule has 0 aromatic heterocycles. The number of esters is 1. The molecule has 0 bridgehead atoms. The van der Waals surface area contributed by atoms with Gasteiger partial charge in [0.2, 0.25) is 0 Å². The van der Waals surface area contributed by atoms with Crippen LogP contribution >= 0.6 is 0 Å². The van der Waals surface area contributed by atoms with E-state index in [0.717, 1.165) is 0 Å². The maximum atomic E-state index is 11.5. The van der Waals surface area contributed by atoms with E-state index < -0.39 is 17.4 Å². The molecule has 0 heterocycles. The molecule has 0 aromatic rings. The van der Waals surface area contributed by atoms with Gasteiger partial charge in [0.15, 0.2) is 10.5 Å². The Morgan fingerprint density at radius 3 is 1.92 bits per heavy atom. The molecule has 0 rings (SSSR count). The highest BCUT2D eigenvalue weighted by Crippen LogP contribution is 2.17. The molecule has 0 aromatic carbocycles. The normalized spacial score (nSPS) is 16.7. The minimum atomic E-state index is -1.25. The van der Waals surface area contributed by atoms with Crippen molar-refractivity contribution in [3.63, 3.8) is 0 Å². The monoisotopic (exact) mass is 206 g/mol. The number of ether oxygens (including phenoxy) is 2. The molecule has 0 amide bonds. The van der Waals surface area contributed by atoms with Gasteiger partial charge in [-0.1, -0.05) is 0 Å². The molecular weight excluding hydrogens is 188 g/mol. The van der Waals surface area contributed by atoms with Crippen molar-refractivity contribution in [1.82, 2.24) is 0 Å². The van der Waals surface area contributed by atoms with Crippen molar-refractivity contribution in [1.29, 1.82) is 0 Å². The third-order valence-electron chi connectivity index (χ3n) is 1.55. The second-order valence-electron chi connectivity index (χ2n) is 3.86. The molecule has 1 unspecified atom stereocenters. The van der Waals surface area contributed by atoms with Crippen molar-refractivity contribution >= 4 is 16.5 Å². The predicted octanol–water partition coefficient (Wildman–Crippen LogP) is -0.0123. The molecule has 0 spiro atoms. The molecule has 0 radical (unpaired) electrons. The smallest absolute Gasteiger partial charge is 0.366 e. The highest BCUT2D eigenvalue weighted by atomic mass is 28.2. The summed E-state index contributed by atoms with van der Waals surface area (Å²) in [6, 6.07) is 0. The van der Waals surface area contributed by atoms with Gasteiger partial charge >= 0.3 is 5.97 Å². The maximum Gasteiger partial charge on any atom is 0.366 e. The molecule has 0 saturated carbocycles. The third kappa shape index (κ3) is 3.88. The Hall–Kier alpha value is -0.393. The molecule has 4 nitrogen and oxygen atoms in total. The molecule has 0 fully saturated rings. The van der Waals surface area contributed by atoms with Crippen LogP contribution in [0.25, 0.3) is 0 Å². The molecule has 78 valence electrons. The van der Waals surface area contributed by atoms with Crippen LogP contribution in [0, 0.1) is 0 Å². The van der Waals surface area contributed by atoms with E-state index >= 15 is 0 Å². The van der Waals surface area contributed by atoms with Crippen LogP contribution in [-0.2, 0) is 18.7 Å². The maximum absolute atomic E-state index is 11.5. The van der Waals surface area contributed by atoms with Gasteiger partial charge in [-0.2, -0.15) is 0 Å². The lowest BCUT2D eigenvalue weighted by Crippen LogP contribution is -2.44. The van der Waals surface area contributed by atoms with E-state index in [1.807, 2.05) is 0 Å². The summed E-state index contributed by atoms with van der Waals surface area (Å²) in [5.41, 5.74) is -0.517. The first-order valence-electron chi connectivity index (χ1n) is 4.09. The first-order valence-corrected chi connectivity index (χ1v) is 4.90. The summed E-state index contributed by atoms with van der Waals surface area (Å²) in [7, 11) is 1.84. The number of hydrogen-bond donors (Lipinski definition) is 0. The number of hydrogen-bond acceptors (Lipinski definition) is 4. The largest absolute Gasteiger partial charge is 0.456 e. The lowest BCUT2D eigenvalue weighted by Gasteiger charge is -2.29. The van der Waals surface area contributed by atoms with Crippen molar-refractivity contribution in [2.45, 2.75) is 39.1 Å². The van der Waals surface area contributed by atoms with E-state index in [-0.39, 0.29) is 0 Å². The van der Waals surface area contributed by atoms with Gasteiger partial charge in [-0.25, -0.2) is 4.79 Å². The van der Waals surface area contributed by atoms with E-state index in [1.165, 1.54) is 7.11 Å². The first-order chi connectivity index (χ1) is 5.75. The summed E-state index contributed by atoms with van der Waals surface area (Å²) in [4.78, 5) is 11.5. The topological polar surface area (TPSA) is 44.8 Å². The molecule has 0 aliphatic rings. The van der Waals surface area contributed by atoms with Gasteiger partial charge in [0.1, 0.15) is 5.60 Å². The Bertz CT molecular complexity index is 181. The summed E-state index contributed by atoms with van der Waals surface area (Å²) in [6.07, 6.45) is 0. The molecule has 0 aliphatic heterocycles. The van der Waals surface area contributed by atoms with Crippen molar-refractivity contribution in [2.24, 2.45) is 0 Å². The fourth-order valence-electron chi connectivity index (χ4n) is 0.621. The van der Waals surface area contributed by atoms with E-state index in [1.54, 1.807) is 27.7 Å². The number of carbonyl (C=O) groups is 1. The van der Waals surface area contributed by atoms with Crippen LogP contribution in [0.15, 0.2) is 0 Å².